The summed E-state index contributed by atoms with van der Waals surface area (Å²) in [6, 6.07) is 32.6. The lowest BCUT2D eigenvalue weighted by Crippen LogP contribution is -2.43. The molecule has 0 saturated carbocycles. The summed E-state index contributed by atoms with van der Waals surface area (Å²) in [5.41, 5.74) is 10.6. The molecule has 0 amide bonds. The Morgan fingerprint density at radius 1 is 0.780 bits per heavy atom. The van der Waals surface area contributed by atoms with Crippen molar-refractivity contribution in [2.75, 3.05) is 4.90 Å². The third-order valence-corrected chi connectivity index (χ3v) is 11.7. The van der Waals surface area contributed by atoms with Gasteiger partial charge < -0.3 is 9.47 Å². The van der Waals surface area contributed by atoms with E-state index in [-0.39, 0.29) is 11.0 Å². The molecule has 0 spiro atoms. The van der Waals surface area contributed by atoms with Gasteiger partial charge in [0.05, 0.1) is 11.4 Å². The van der Waals surface area contributed by atoms with Crippen molar-refractivity contribution in [1.82, 2.24) is 4.98 Å². The maximum Gasteiger partial charge on any atom is 0.218 e. The molecule has 1 aromatic heterocycles. The van der Waals surface area contributed by atoms with Crippen LogP contribution in [0.25, 0.3) is 0 Å². The minimum atomic E-state index is -0.542. The molecule has 2 atom stereocenters. The van der Waals surface area contributed by atoms with Gasteiger partial charge in [0.2, 0.25) is 5.90 Å². The predicted molar refractivity (Wildman–Crippen MR) is 204 cm³/mol. The Kier molecular flexibility index (Phi) is 7.49. The van der Waals surface area contributed by atoms with Gasteiger partial charge in [-0.3, -0.25) is 4.90 Å². The van der Waals surface area contributed by atoms with E-state index in [9.17, 15) is 0 Å². The number of hydrogen-bond acceptors (Lipinski definition) is 5. The Morgan fingerprint density at radius 3 is 2.32 bits per heavy atom. The van der Waals surface area contributed by atoms with Gasteiger partial charge in [-0.1, -0.05) is 82.3 Å². The third kappa shape index (κ3) is 4.96. The van der Waals surface area contributed by atoms with Crippen molar-refractivity contribution >= 4 is 23.1 Å². The van der Waals surface area contributed by atoms with E-state index in [1.54, 1.807) is 0 Å². The van der Waals surface area contributed by atoms with Gasteiger partial charge in [0, 0.05) is 28.8 Å². The lowest BCUT2D eigenvalue weighted by Gasteiger charge is -2.41. The fourth-order valence-electron chi connectivity index (χ4n) is 8.46. The normalized spacial score (nSPS) is 21.7. The van der Waals surface area contributed by atoms with Crippen LogP contribution in [0.2, 0.25) is 0 Å². The molecule has 2 aliphatic heterocycles. The summed E-state index contributed by atoms with van der Waals surface area (Å²) in [6.07, 6.45) is 5.03. The molecule has 0 bridgehead atoms. The first-order valence-electron chi connectivity index (χ1n) is 18.1. The molecule has 1 aliphatic carbocycles. The number of aliphatic imine (C=N–C) groups is 1. The molecule has 3 aliphatic rings. The molecular weight excluding hydrogens is 615 g/mol. The highest BCUT2D eigenvalue weighted by Crippen LogP contribution is 2.53. The van der Waals surface area contributed by atoms with Gasteiger partial charge in [0.15, 0.2) is 5.60 Å². The van der Waals surface area contributed by atoms with Crippen LogP contribution in [0, 0.1) is 13.8 Å². The predicted octanol–water partition coefficient (Wildman–Crippen LogP) is 11.5. The van der Waals surface area contributed by atoms with E-state index in [4.69, 9.17) is 19.5 Å². The van der Waals surface area contributed by atoms with Crippen LogP contribution in [-0.2, 0) is 22.2 Å². The number of rotatable bonds is 5. The summed E-state index contributed by atoms with van der Waals surface area (Å²) < 4.78 is 13.8. The first-order valence-corrected chi connectivity index (χ1v) is 18.1. The largest absolute Gasteiger partial charge is 0.464 e. The Morgan fingerprint density at radius 2 is 1.52 bits per heavy atom. The first-order chi connectivity index (χ1) is 23.9. The van der Waals surface area contributed by atoms with E-state index in [1.807, 2.05) is 6.20 Å². The summed E-state index contributed by atoms with van der Waals surface area (Å²) in [4.78, 5) is 12.6. The van der Waals surface area contributed by atoms with Crippen LogP contribution in [0.4, 0.5) is 17.2 Å². The molecule has 3 heterocycles. The Labute approximate surface area is 297 Å². The molecule has 5 aromatic rings. The number of hydrogen-bond donors (Lipinski definition) is 0. The van der Waals surface area contributed by atoms with Crippen LogP contribution in [0.3, 0.4) is 0 Å². The molecule has 0 saturated heterocycles. The third-order valence-electron chi connectivity index (χ3n) is 11.7. The molecule has 5 nitrogen and oxygen atoms in total. The molecule has 50 heavy (non-hydrogen) atoms. The van der Waals surface area contributed by atoms with Crippen LogP contribution >= 0.6 is 0 Å². The average molecular weight is 662 g/mol. The second-order valence-corrected chi connectivity index (χ2v) is 15.6. The number of ether oxygens (including phenoxy) is 2. The van der Waals surface area contributed by atoms with Crippen LogP contribution < -0.4 is 9.64 Å². The highest BCUT2D eigenvalue weighted by molar-refractivity contribution is 5.98. The highest BCUT2D eigenvalue weighted by Gasteiger charge is 2.55. The molecule has 254 valence electrons. The lowest BCUT2D eigenvalue weighted by molar-refractivity contribution is 0.0284. The summed E-state index contributed by atoms with van der Waals surface area (Å²) in [6.45, 7) is 17.8. The molecule has 4 aromatic carbocycles. The molecule has 0 radical (unpaired) electrons. The number of para-hydroxylation sites is 1. The number of aromatic nitrogens is 1. The van der Waals surface area contributed by atoms with Crippen LogP contribution in [0.1, 0.15) is 105 Å². The van der Waals surface area contributed by atoms with Crippen LogP contribution in [0.15, 0.2) is 102 Å². The zero-order valence-electron chi connectivity index (χ0n) is 30.6. The van der Waals surface area contributed by atoms with Crippen LogP contribution in [0.5, 0.6) is 11.5 Å². The summed E-state index contributed by atoms with van der Waals surface area (Å²) in [5, 5.41) is 0. The summed E-state index contributed by atoms with van der Waals surface area (Å²) in [7, 11) is 0. The number of nitrogens with zero attached hydrogens (tertiary/aromatic N) is 3. The average Bonchev–Trinajstić information content (AvgIpc) is 3.30. The molecular formula is C45H47N3O2. The molecule has 0 unspecified atom stereocenters. The van der Waals surface area contributed by atoms with Gasteiger partial charge >= 0.3 is 0 Å². The van der Waals surface area contributed by atoms with Gasteiger partial charge in [-0.05, 0) is 117 Å². The molecule has 0 N–H and O–H groups in total. The van der Waals surface area contributed by atoms with Crippen molar-refractivity contribution in [3.05, 3.63) is 142 Å². The van der Waals surface area contributed by atoms with Gasteiger partial charge in [0.25, 0.3) is 0 Å². The van der Waals surface area contributed by atoms with Crippen molar-refractivity contribution in [2.45, 2.75) is 97.1 Å². The first kappa shape index (κ1) is 32.3. The standard InChI is InChI=1S/C45H47N3O2/c1-28(2)32-21-23-46-41(25-32)48-38-18-12-11-17-36(38)43(5,6)37-20-19-33(26-39(37)48)49-40-27-34(29(3)24-30(40)4)42-47-44(7)22-13-15-31-14-9-10-16-35(31)45(44,8)50-42/h9-12,14,16-21,23-28H,13,15,22H2,1-8H3/t44-,45+/m1/s1. The van der Waals surface area contributed by atoms with E-state index in [1.165, 1.54) is 27.8 Å². The van der Waals surface area contributed by atoms with Crippen LogP contribution in [-0.4, -0.2) is 16.4 Å². The van der Waals surface area contributed by atoms with E-state index in [0.29, 0.717) is 11.8 Å². The smallest absolute Gasteiger partial charge is 0.218 e. The monoisotopic (exact) mass is 661 g/mol. The number of benzene rings is 4. The fourth-order valence-corrected chi connectivity index (χ4v) is 8.46. The molecule has 8 rings (SSSR count). The molecule has 5 heteroatoms. The Balaban J connectivity index is 1.19. The quantitative estimate of drug-likeness (QED) is 0.188. The minimum Gasteiger partial charge on any atom is -0.464 e. The SMILES string of the molecule is Cc1cc(C)c(C2=N[C@]3(C)CCCc4ccccc4[C@]3(C)O2)cc1Oc1ccc2c(c1)N(c1cc(C(C)C)ccn1)c1ccccc1C2(C)C. The Bertz CT molecular complexity index is 2180. The fraction of sp³-hybridized carbons (Fsp3) is 0.333. The van der Waals surface area contributed by atoms with Crippen molar-refractivity contribution in [2.24, 2.45) is 4.99 Å². The Hall–Kier alpha value is -4.90. The lowest BCUT2D eigenvalue weighted by atomic mass is 9.73. The number of aryl methyl sites for hydroxylation is 3. The van der Waals surface area contributed by atoms with E-state index in [0.717, 1.165) is 64.6 Å². The van der Waals surface area contributed by atoms with Crippen molar-refractivity contribution in [3.63, 3.8) is 0 Å². The van der Waals surface area contributed by atoms with Crippen molar-refractivity contribution in [1.29, 1.82) is 0 Å². The van der Waals surface area contributed by atoms with Crippen molar-refractivity contribution < 1.29 is 9.47 Å². The maximum absolute atomic E-state index is 6.98. The van der Waals surface area contributed by atoms with E-state index >= 15 is 0 Å². The van der Waals surface area contributed by atoms with Gasteiger partial charge in [-0.25, -0.2) is 9.98 Å². The second kappa shape index (κ2) is 11.6. The second-order valence-electron chi connectivity index (χ2n) is 15.6. The maximum atomic E-state index is 6.98. The summed E-state index contributed by atoms with van der Waals surface area (Å²) in [5.74, 6) is 3.56. The topological polar surface area (TPSA) is 47.0 Å². The number of anilines is 3. The van der Waals surface area contributed by atoms with Gasteiger partial charge in [-0.15, -0.1) is 0 Å². The zero-order valence-corrected chi connectivity index (χ0v) is 30.6. The van der Waals surface area contributed by atoms with Gasteiger partial charge in [0.1, 0.15) is 22.9 Å². The summed E-state index contributed by atoms with van der Waals surface area (Å²) >= 11 is 0. The zero-order chi connectivity index (χ0) is 35.0. The minimum absolute atomic E-state index is 0.206. The number of fused-ring (bicyclic) bond motifs is 5. The molecule has 0 fully saturated rings. The van der Waals surface area contributed by atoms with E-state index < -0.39 is 5.60 Å². The van der Waals surface area contributed by atoms with Crippen molar-refractivity contribution in [3.8, 4) is 11.5 Å². The van der Waals surface area contributed by atoms with E-state index in [2.05, 4.69) is 151 Å². The highest BCUT2D eigenvalue weighted by atomic mass is 16.5. The van der Waals surface area contributed by atoms with Gasteiger partial charge in [-0.2, -0.15) is 0 Å². The number of pyridine rings is 1.